The molecule has 0 saturated heterocycles. The molecule has 0 bridgehead atoms. The largest absolute Gasteiger partial charge is 0.399 e. The first-order valence-electron chi connectivity index (χ1n) is 5.17. The zero-order valence-electron chi connectivity index (χ0n) is 9.73. The number of benzene rings is 1. The molecular formula is C12H20N2O. The van der Waals surface area contributed by atoms with Gasteiger partial charge in [0.05, 0.1) is 6.10 Å². The Morgan fingerprint density at radius 3 is 2.47 bits per heavy atom. The molecule has 2 N–H and O–H groups in total. The minimum atomic E-state index is 0.267. The fraction of sp³-hybridized carbons (Fsp3) is 0.500. The molecule has 3 nitrogen and oxygen atoms in total. The minimum Gasteiger partial charge on any atom is -0.399 e. The fourth-order valence-electron chi connectivity index (χ4n) is 1.51. The predicted molar refractivity (Wildman–Crippen MR) is 63.7 cm³/mol. The average molecular weight is 208 g/mol. The number of nitrogen functional groups attached to an aromatic ring is 1. The van der Waals surface area contributed by atoms with E-state index in [-0.39, 0.29) is 6.10 Å². The van der Waals surface area contributed by atoms with Crippen LogP contribution < -0.4 is 5.73 Å². The average Bonchev–Trinajstić information content (AvgIpc) is 2.21. The summed E-state index contributed by atoms with van der Waals surface area (Å²) in [5.74, 6) is 0. The Balaban J connectivity index is 2.44. The van der Waals surface area contributed by atoms with Gasteiger partial charge in [0, 0.05) is 25.9 Å². The van der Waals surface area contributed by atoms with Crippen molar-refractivity contribution in [3.63, 3.8) is 0 Å². The first-order chi connectivity index (χ1) is 7.11. The van der Waals surface area contributed by atoms with Crippen molar-refractivity contribution in [1.82, 2.24) is 4.90 Å². The van der Waals surface area contributed by atoms with Crippen LogP contribution in [0.4, 0.5) is 5.69 Å². The van der Waals surface area contributed by atoms with Gasteiger partial charge in [0.15, 0.2) is 0 Å². The number of likely N-dealkylation sites (N-methyl/N-ethyl adjacent to an activating group) is 1. The maximum atomic E-state index is 5.63. The van der Waals surface area contributed by atoms with Crippen LogP contribution in [-0.2, 0) is 11.3 Å². The monoisotopic (exact) mass is 208 g/mol. The molecule has 1 rings (SSSR count). The van der Waals surface area contributed by atoms with Gasteiger partial charge in [-0.15, -0.1) is 0 Å². The Morgan fingerprint density at radius 1 is 1.33 bits per heavy atom. The van der Waals surface area contributed by atoms with Gasteiger partial charge in [0.25, 0.3) is 0 Å². The Bertz CT molecular complexity index is 284. The van der Waals surface area contributed by atoms with Gasteiger partial charge in [-0.25, -0.2) is 0 Å². The van der Waals surface area contributed by atoms with Gasteiger partial charge >= 0.3 is 0 Å². The molecule has 0 aliphatic heterocycles. The van der Waals surface area contributed by atoms with Crippen LogP contribution in [0.25, 0.3) is 0 Å². The molecule has 0 fully saturated rings. The van der Waals surface area contributed by atoms with E-state index in [9.17, 15) is 0 Å². The summed E-state index contributed by atoms with van der Waals surface area (Å²) in [5.41, 5.74) is 7.71. The van der Waals surface area contributed by atoms with E-state index in [1.54, 1.807) is 7.11 Å². The number of methoxy groups -OCH3 is 1. The van der Waals surface area contributed by atoms with Crippen molar-refractivity contribution in [2.24, 2.45) is 0 Å². The molecule has 1 atom stereocenters. The Morgan fingerprint density at radius 2 is 1.93 bits per heavy atom. The molecule has 0 aliphatic carbocycles. The second-order valence-corrected chi connectivity index (χ2v) is 3.98. The van der Waals surface area contributed by atoms with Crippen molar-refractivity contribution in [2.45, 2.75) is 19.6 Å². The van der Waals surface area contributed by atoms with Gasteiger partial charge in [-0.1, -0.05) is 12.1 Å². The van der Waals surface area contributed by atoms with E-state index < -0.39 is 0 Å². The lowest BCUT2D eigenvalue weighted by atomic mass is 10.2. The van der Waals surface area contributed by atoms with Crippen molar-refractivity contribution < 1.29 is 4.74 Å². The van der Waals surface area contributed by atoms with Crippen LogP contribution in [0.15, 0.2) is 24.3 Å². The quantitative estimate of drug-likeness (QED) is 0.749. The normalized spacial score (nSPS) is 13.1. The number of nitrogens with two attached hydrogens (primary N) is 1. The molecule has 1 unspecified atom stereocenters. The summed E-state index contributed by atoms with van der Waals surface area (Å²) in [6, 6.07) is 7.98. The van der Waals surface area contributed by atoms with Crippen molar-refractivity contribution in [3.8, 4) is 0 Å². The summed E-state index contributed by atoms with van der Waals surface area (Å²) in [4.78, 5) is 2.24. The third kappa shape index (κ3) is 4.32. The number of nitrogens with zero attached hydrogens (tertiary/aromatic N) is 1. The Labute approximate surface area is 91.8 Å². The molecule has 0 spiro atoms. The third-order valence-corrected chi connectivity index (χ3v) is 2.40. The number of rotatable bonds is 5. The Hall–Kier alpha value is -1.06. The first kappa shape index (κ1) is 12.0. The minimum absolute atomic E-state index is 0.267. The van der Waals surface area contributed by atoms with Gasteiger partial charge in [-0.05, 0) is 31.7 Å². The van der Waals surface area contributed by atoms with E-state index in [2.05, 4.69) is 31.0 Å². The summed E-state index contributed by atoms with van der Waals surface area (Å²) in [7, 11) is 3.83. The smallest absolute Gasteiger partial charge is 0.0670 e. The summed E-state index contributed by atoms with van der Waals surface area (Å²) < 4.78 is 5.22. The van der Waals surface area contributed by atoms with Crippen LogP contribution in [0, 0.1) is 0 Å². The highest BCUT2D eigenvalue weighted by atomic mass is 16.5. The molecule has 0 saturated carbocycles. The Kier molecular flexibility index (Phi) is 4.59. The molecule has 15 heavy (non-hydrogen) atoms. The van der Waals surface area contributed by atoms with Crippen LogP contribution in [0.2, 0.25) is 0 Å². The maximum Gasteiger partial charge on any atom is 0.0670 e. The van der Waals surface area contributed by atoms with Crippen LogP contribution in [-0.4, -0.2) is 31.7 Å². The molecule has 0 amide bonds. The second kappa shape index (κ2) is 5.73. The molecule has 1 aromatic rings. The SMILES string of the molecule is COC(C)CN(C)Cc1ccc(N)cc1. The van der Waals surface area contributed by atoms with Crippen molar-refractivity contribution in [1.29, 1.82) is 0 Å². The van der Waals surface area contributed by atoms with Crippen LogP contribution in [0.3, 0.4) is 0 Å². The standard InChI is InChI=1S/C12H20N2O/c1-10(15-3)8-14(2)9-11-4-6-12(13)7-5-11/h4-7,10H,8-9,13H2,1-3H3. The number of hydrogen-bond donors (Lipinski definition) is 1. The highest BCUT2D eigenvalue weighted by Crippen LogP contribution is 2.08. The second-order valence-electron chi connectivity index (χ2n) is 3.98. The lowest BCUT2D eigenvalue weighted by molar-refractivity contribution is 0.0837. The molecule has 84 valence electrons. The van der Waals surface area contributed by atoms with Crippen molar-refractivity contribution in [2.75, 3.05) is 26.4 Å². The lowest BCUT2D eigenvalue weighted by Crippen LogP contribution is -2.28. The van der Waals surface area contributed by atoms with E-state index in [4.69, 9.17) is 10.5 Å². The summed E-state index contributed by atoms with van der Waals surface area (Å²) in [5, 5.41) is 0. The molecule has 0 aromatic heterocycles. The van der Waals surface area contributed by atoms with Gasteiger partial charge < -0.3 is 10.5 Å². The topological polar surface area (TPSA) is 38.5 Å². The number of ether oxygens (including phenoxy) is 1. The van der Waals surface area contributed by atoms with Gasteiger partial charge in [0.1, 0.15) is 0 Å². The zero-order chi connectivity index (χ0) is 11.3. The molecule has 1 aromatic carbocycles. The zero-order valence-corrected chi connectivity index (χ0v) is 9.73. The molecule has 3 heteroatoms. The van der Waals surface area contributed by atoms with Crippen molar-refractivity contribution in [3.05, 3.63) is 29.8 Å². The number of anilines is 1. The first-order valence-corrected chi connectivity index (χ1v) is 5.17. The van der Waals surface area contributed by atoms with Gasteiger partial charge in [-0.2, -0.15) is 0 Å². The third-order valence-electron chi connectivity index (χ3n) is 2.40. The van der Waals surface area contributed by atoms with Crippen LogP contribution >= 0.6 is 0 Å². The van der Waals surface area contributed by atoms with E-state index >= 15 is 0 Å². The van der Waals surface area contributed by atoms with E-state index in [0.29, 0.717) is 0 Å². The molecule has 0 heterocycles. The lowest BCUT2D eigenvalue weighted by Gasteiger charge is -2.20. The number of hydrogen-bond acceptors (Lipinski definition) is 3. The van der Waals surface area contributed by atoms with Crippen LogP contribution in [0.5, 0.6) is 0 Å². The maximum absolute atomic E-state index is 5.63. The summed E-state index contributed by atoms with van der Waals surface area (Å²) >= 11 is 0. The van der Waals surface area contributed by atoms with Crippen molar-refractivity contribution >= 4 is 5.69 Å². The molecular weight excluding hydrogens is 188 g/mol. The highest BCUT2D eigenvalue weighted by molar-refractivity contribution is 5.39. The van der Waals surface area contributed by atoms with Gasteiger partial charge in [-0.3, -0.25) is 4.90 Å². The highest BCUT2D eigenvalue weighted by Gasteiger charge is 2.05. The molecule has 0 radical (unpaired) electrons. The molecule has 0 aliphatic rings. The van der Waals surface area contributed by atoms with E-state index in [0.717, 1.165) is 18.8 Å². The predicted octanol–water partition coefficient (Wildman–Crippen LogP) is 1.74. The van der Waals surface area contributed by atoms with Crippen LogP contribution in [0.1, 0.15) is 12.5 Å². The summed E-state index contributed by atoms with van der Waals surface area (Å²) in [6.07, 6.45) is 0.267. The van der Waals surface area contributed by atoms with Gasteiger partial charge in [0.2, 0.25) is 0 Å². The summed E-state index contributed by atoms with van der Waals surface area (Å²) in [6.45, 7) is 3.92. The van der Waals surface area contributed by atoms with E-state index in [1.165, 1.54) is 5.56 Å². The fourth-order valence-corrected chi connectivity index (χ4v) is 1.51. The van der Waals surface area contributed by atoms with E-state index in [1.807, 2.05) is 12.1 Å².